The molecule has 0 aliphatic heterocycles. The van der Waals surface area contributed by atoms with Gasteiger partial charge in [0.05, 0.1) is 0 Å². The third kappa shape index (κ3) is 2.78. The Morgan fingerprint density at radius 2 is 2.13 bits per heavy atom. The van der Waals surface area contributed by atoms with E-state index in [-0.39, 0.29) is 5.82 Å². The summed E-state index contributed by atoms with van der Waals surface area (Å²) in [6.45, 7) is 1.94. The van der Waals surface area contributed by atoms with Crippen LogP contribution < -0.4 is 5.32 Å². The number of hydrogen-bond donors (Lipinski definition) is 1. The molecule has 1 unspecified atom stereocenters. The van der Waals surface area contributed by atoms with Crippen molar-refractivity contribution < 1.29 is 4.39 Å². The van der Waals surface area contributed by atoms with E-state index in [9.17, 15) is 4.39 Å². The molecule has 15 heavy (non-hydrogen) atoms. The summed E-state index contributed by atoms with van der Waals surface area (Å²) < 4.78 is 13.2. The molecule has 0 radical (unpaired) electrons. The van der Waals surface area contributed by atoms with Gasteiger partial charge in [0, 0.05) is 6.04 Å². The van der Waals surface area contributed by atoms with E-state index in [1.807, 2.05) is 14.0 Å². The van der Waals surface area contributed by atoms with Crippen molar-refractivity contribution in [2.75, 3.05) is 7.05 Å². The van der Waals surface area contributed by atoms with Crippen LogP contribution in [0, 0.1) is 18.7 Å². The summed E-state index contributed by atoms with van der Waals surface area (Å²) in [5.74, 6) is 0.729. The lowest BCUT2D eigenvalue weighted by Crippen LogP contribution is -2.17. The van der Waals surface area contributed by atoms with Crippen molar-refractivity contribution in [2.24, 2.45) is 5.92 Å². The van der Waals surface area contributed by atoms with E-state index in [1.165, 1.54) is 12.8 Å². The third-order valence-corrected chi connectivity index (χ3v) is 3.08. The lowest BCUT2D eigenvalue weighted by atomic mass is 9.99. The van der Waals surface area contributed by atoms with Crippen LogP contribution in [0.2, 0.25) is 0 Å². The Labute approximate surface area is 90.7 Å². The Bertz CT molecular complexity index is 324. The molecule has 1 aliphatic rings. The van der Waals surface area contributed by atoms with Gasteiger partial charge in [-0.2, -0.15) is 0 Å². The van der Waals surface area contributed by atoms with Crippen molar-refractivity contribution in [3.05, 3.63) is 35.1 Å². The van der Waals surface area contributed by atoms with Crippen molar-refractivity contribution in [1.29, 1.82) is 0 Å². The zero-order valence-corrected chi connectivity index (χ0v) is 9.39. The maximum atomic E-state index is 13.2. The summed E-state index contributed by atoms with van der Waals surface area (Å²) in [5, 5.41) is 3.28. The van der Waals surface area contributed by atoms with Crippen molar-refractivity contribution in [2.45, 2.75) is 32.2 Å². The topological polar surface area (TPSA) is 12.0 Å². The molecule has 1 fully saturated rings. The summed E-state index contributed by atoms with van der Waals surface area (Å²) in [4.78, 5) is 0. The minimum absolute atomic E-state index is 0.124. The molecule has 0 aromatic heterocycles. The first-order chi connectivity index (χ1) is 7.19. The summed E-state index contributed by atoms with van der Waals surface area (Å²) >= 11 is 0. The van der Waals surface area contributed by atoms with Crippen LogP contribution in [0.25, 0.3) is 0 Å². The van der Waals surface area contributed by atoms with Crippen LogP contribution in [0.3, 0.4) is 0 Å². The lowest BCUT2D eigenvalue weighted by Gasteiger charge is -2.17. The van der Waals surface area contributed by atoms with Gasteiger partial charge in [0.15, 0.2) is 0 Å². The SMILES string of the molecule is CNC(CC1CC1)c1cc(C)cc(F)c1. The maximum Gasteiger partial charge on any atom is 0.123 e. The van der Waals surface area contributed by atoms with Gasteiger partial charge in [0.1, 0.15) is 5.82 Å². The Morgan fingerprint density at radius 1 is 1.40 bits per heavy atom. The van der Waals surface area contributed by atoms with Gasteiger partial charge in [-0.25, -0.2) is 4.39 Å². The number of aryl methyl sites for hydroxylation is 1. The number of benzene rings is 1. The van der Waals surface area contributed by atoms with E-state index in [4.69, 9.17) is 0 Å². The highest BCUT2D eigenvalue weighted by Crippen LogP contribution is 2.37. The highest BCUT2D eigenvalue weighted by Gasteiger charge is 2.25. The molecular formula is C13H18FN. The van der Waals surface area contributed by atoms with Crippen LogP contribution in [-0.2, 0) is 0 Å². The van der Waals surface area contributed by atoms with Crippen LogP contribution in [0.1, 0.15) is 36.4 Å². The van der Waals surface area contributed by atoms with Crippen molar-refractivity contribution in [3.63, 3.8) is 0 Å². The molecule has 0 bridgehead atoms. The molecule has 1 saturated carbocycles. The van der Waals surface area contributed by atoms with Crippen LogP contribution in [0.5, 0.6) is 0 Å². The normalized spacial score (nSPS) is 17.8. The summed E-state index contributed by atoms with van der Waals surface area (Å²) in [5.41, 5.74) is 2.09. The van der Waals surface area contributed by atoms with Gasteiger partial charge in [0.25, 0.3) is 0 Å². The predicted molar refractivity (Wildman–Crippen MR) is 60.3 cm³/mol. The summed E-state index contributed by atoms with van der Waals surface area (Å²) in [6, 6.07) is 5.61. The van der Waals surface area contributed by atoms with Crippen molar-refractivity contribution in [1.82, 2.24) is 5.32 Å². The van der Waals surface area contributed by atoms with Crippen LogP contribution in [0.4, 0.5) is 4.39 Å². The van der Waals surface area contributed by atoms with E-state index in [2.05, 4.69) is 11.4 Å². The van der Waals surface area contributed by atoms with Crippen LogP contribution >= 0.6 is 0 Å². The molecule has 2 heteroatoms. The molecule has 0 amide bonds. The molecule has 82 valence electrons. The van der Waals surface area contributed by atoms with Crippen molar-refractivity contribution >= 4 is 0 Å². The summed E-state index contributed by atoms with van der Waals surface area (Å²) in [6.07, 6.45) is 3.82. The van der Waals surface area contributed by atoms with Crippen LogP contribution in [0.15, 0.2) is 18.2 Å². The minimum atomic E-state index is -0.124. The van der Waals surface area contributed by atoms with Gasteiger partial charge >= 0.3 is 0 Å². The molecular weight excluding hydrogens is 189 g/mol. The minimum Gasteiger partial charge on any atom is -0.313 e. The molecule has 1 aromatic rings. The fourth-order valence-electron chi connectivity index (χ4n) is 2.07. The Morgan fingerprint density at radius 3 is 2.67 bits per heavy atom. The van der Waals surface area contributed by atoms with Crippen molar-refractivity contribution in [3.8, 4) is 0 Å². The average molecular weight is 207 g/mol. The Balaban J connectivity index is 2.16. The average Bonchev–Trinajstić information content (AvgIpc) is 2.96. The second-order valence-electron chi connectivity index (χ2n) is 4.58. The molecule has 0 spiro atoms. The predicted octanol–water partition coefficient (Wildman–Crippen LogP) is 3.19. The molecule has 1 nitrogen and oxygen atoms in total. The van der Waals surface area contributed by atoms with E-state index in [0.29, 0.717) is 6.04 Å². The first-order valence-electron chi connectivity index (χ1n) is 5.63. The van der Waals surface area contributed by atoms with E-state index in [0.717, 1.165) is 23.5 Å². The monoisotopic (exact) mass is 207 g/mol. The zero-order chi connectivity index (χ0) is 10.8. The van der Waals surface area contributed by atoms with E-state index >= 15 is 0 Å². The third-order valence-electron chi connectivity index (χ3n) is 3.08. The number of hydrogen-bond acceptors (Lipinski definition) is 1. The zero-order valence-electron chi connectivity index (χ0n) is 9.39. The fraction of sp³-hybridized carbons (Fsp3) is 0.538. The fourth-order valence-corrected chi connectivity index (χ4v) is 2.07. The number of rotatable bonds is 4. The highest BCUT2D eigenvalue weighted by molar-refractivity contribution is 5.26. The van der Waals surface area contributed by atoms with Gasteiger partial charge in [-0.3, -0.25) is 0 Å². The lowest BCUT2D eigenvalue weighted by molar-refractivity contribution is 0.509. The maximum absolute atomic E-state index is 13.2. The smallest absolute Gasteiger partial charge is 0.123 e. The quantitative estimate of drug-likeness (QED) is 0.799. The largest absolute Gasteiger partial charge is 0.313 e. The molecule has 1 aliphatic carbocycles. The first kappa shape index (κ1) is 10.6. The standard InChI is InChI=1S/C13H18FN/c1-9-5-11(8-12(14)6-9)13(15-2)7-10-3-4-10/h5-6,8,10,13,15H,3-4,7H2,1-2H3. The molecule has 0 saturated heterocycles. The van der Waals surface area contributed by atoms with E-state index in [1.54, 1.807) is 12.1 Å². The van der Waals surface area contributed by atoms with Crippen LogP contribution in [-0.4, -0.2) is 7.05 Å². The Hall–Kier alpha value is -0.890. The number of halogens is 1. The molecule has 1 N–H and O–H groups in total. The molecule has 1 aromatic carbocycles. The highest BCUT2D eigenvalue weighted by atomic mass is 19.1. The van der Waals surface area contributed by atoms with Gasteiger partial charge in [-0.05, 0) is 49.6 Å². The second-order valence-corrected chi connectivity index (χ2v) is 4.58. The first-order valence-corrected chi connectivity index (χ1v) is 5.63. The molecule has 0 heterocycles. The molecule has 2 rings (SSSR count). The van der Waals surface area contributed by atoms with Gasteiger partial charge in [-0.1, -0.05) is 18.9 Å². The summed E-state index contributed by atoms with van der Waals surface area (Å²) in [7, 11) is 1.95. The van der Waals surface area contributed by atoms with Gasteiger partial charge < -0.3 is 5.32 Å². The number of nitrogens with one attached hydrogen (secondary N) is 1. The molecule has 1 atom stereocenters. The van der Waals surface area contributed by atoms with E-state index < -0.39 is 0 Å². The van der Waals surface area contributed by atoms with Gasteiger partial charge in [-0.15, -0.1) is 0 Å². The second kappa shape index (κ2) is 4.31. The Kier molecular flexibility index (Phi) is 3.06. The van der Waals surface area contributed by atoms with Gasteiger partial charge in [0.2, 0.25) is 0 Å².